The Labute approximate surface area is 193 Å². The van der Waals surface area contributed by atoms with Crippen LogP contribution in [0.1, 0.15) is 34.5 Å². The van der Waals surface area contributed by atoms with E-state index in [2.05, 4.69) is 0 Å². The van der Waals surface area contributed by atoms with Crippen molar-refractivity contribution in [3.63, 3.8) is 0 Å². The van der Waals surface area contributed by atoms with Gasteiger partial charge in [0, 0.05) is 35.1 Å². The maximum absolute atomic E-state index is 13.5. The number of sulfonamides is 1. The number of hydrogen-bond acceptors (Lipinski definition) is 7. The number of aryl methyl sites for hydroxylation is 2. The molecular formula is C23H18N2O6S2. The van der Waals surface area contributed by atoms with E-state index in [-0.39, 0.29) is 21.1 Å². The lowest BCUT2D eigenvalue weighted by Gasteiger charge is -2.22. The Kier molecular flexibility index (Phi) is 5.26. The zero-order valence-corrected chi connectivity index (χ0v) is 18.9. The molecule has 168 valence electrons. The van der Waals surface area contributed by atoms with Gasteiger partial charge in [-0.3, -0.25) is 14.9 Å². The van der Waals surface area contributed by atoms with Crippen molar-refractivity contribution in [3.8, 4) is 0 Å². The van der Waals surface area contributed by atoms with Gasteiger partial charge in [0.1, 0.15) is 15.6 Å². The van der Waals surface area contributed by atoms with Gasteiger partial charge in [-0.05, 0) is 55.0 Å². The van der Waals surface area contributed by atoms with Gasteiger partial charge in [-0.25, -0.2) is 0 Å². The Hall–Kier alpha value is -3.50. The number of furan rings is 1. The summed E-state index contributed by atoms with van der Waals surface area (Å²) < 4.78 is 33.8. The number of rotatable bonds is 5. The molecule has 1 aliphatic carbocycles. The van der Waals surface area contributed by atoms with Crippen molar-refractivity contribution in [3.05, 3.63) is 87.0 Å². The van der Waals surface area contributed by atoms with E-state index in [4.69, 9.17) is 4.42 Å². The second-order valence-electron chi connectivity index (χ2n) is 7.71. The summed E-state index contributed by atoms with van der Waals surface area (Å²) in [6, 6.07) is 12.9. The van der Waals surface area contributed by atoms with Crippen LogP contribution in [0.4, 0.5) is 11.4 Å². The molecule has 0 spiro atoms. The normalized spacial score (nSPS) is 13.6. The highest BCUT2D eigenvalue weighted by Gasteiger charge is 2.34. The average molecular weight is 483 g/mol. The Bertz CT molecular complexity index is 1490. The van der Waals surface area contributed by atoms with Crippen molar-refractivity contribution in [2.75, 3.05) is 4.31 Å². The van der Waals surface area contributed by atoms with Crippen LogP contribution < -0.4 is 4.31 Å². The summed E-state index contributed by atoms with van der Waals surface area (Å²) in [4.78, 5) is 24.1. The van der Waals surface area contributed by atoms with Crippen molar-refractivity contribution >= 4 is 49.6 Å². The highest BCUT2D eigenvalue weighted by Crippen LogP contribution is 2.36. The molecule has 1 aliphatic rings. The highest BCUT2D eigenvalue weighted by atomic mass is 32.2. The molecule has 0 saturated carbocycles. The van der Waals surface area contributed by atoms with Crippen molar-refractivity contribution < 1.29 is 22.6 Å². The molecule has 1 amide bonds. The zero-order chi connectivity index (χ0) is 23.2. The molecule has 0 fully saturated rings. The van der Waals surface area contributed by atoms with E-state index in [0.717, 1.165) is 64.1 Å². The smallest absolute Gasteiger partial charge is 0.280 e. The van der Waals surface area contributed by atoms with Gasteiger partial charge in [0.2, 0.25) is 0 Å². The standard InChI is InChI=1S/C23H18N2O6S2/c26-23(15-5-3-6-17(13-15)25(27)28)24(33(29,30)22-9-4-12-32-22)16-10-11-21-19(14-16)18-7-1-2-8-20(18)31-21/h3-6,9-14H,1-2,7-8H2. The highest BCUT2D eigenvalue weighted by molar-refractivity contribution is 7.95. The first-order valence-corrected chi connectivity index (χ1v) is 12.6. The number of amides is 1. The van der Waals surface area contributed by atoms with Gasteiger partial charge in [0.15, 0.2) is 0 Å². The lowest BCUT2D eigenvalue weighted by molar-refractivity contribution is -0.384. The Morgan fingerprint density at radius 3 is 2.64 bits per heavy atom. The topological polar surface area (TPSA) is 111 Å². The number of carbonyl (C=O) groups is 1. The van der Waals surface area contributed by atoms with Gasteiger partial charge in [-0.1, -0.05) is 12.1 Å². The molecule has 5 rings (SSSR count). The summed E-state index contributed by atoms with van der Waals surface area (Å²) >= 11 is 0.993. The molecule has 0 atom stereocenters. The van der Waals surface area contributed by atoms with E-state index in [0.29, 0.717) is 5.58 Å². The maximum Gasteiger partial charge on any atom is 0.280 e. The number of anilines is 1. The minimum absolute atomic E-state index is 0.00407. The molecule has 0 bridgehead atoms. The molecule has 2 aromatic heterocycles. The second kappa shape index (κ2) is 8.13. The van der Waals surface area contributed by atoms with Crippen LogP contribution in [0.3, 0.4) is 0 Å². The van der Waals surface area contributed by atoms with E-state index in [1.54, 1.807) is 23.6 Å². The Balaban J connectivity index is 1.69. The number of hydrogen-bond donors (Lipinski definition) is 0. The first-order chi connectivity index (χ1) is 15.9. The number of nitrogens with zero attached hydrogens (tertiary/aromatic N) is 2. The molecule has 33 heavy (non-hydrogen) atoms. The fourth-order valence-corrected chi connectivity index (χ4v) is 6.58. The fourth-order valence-electron chi connectivity index (χ4n) is 4.11. The Morgan fingerprint density at radius 1 is 1.06 bits per heavy atom. The number of carbonyl (C=O) groups excluding carboxylic acids is 1. The van der Waals surface area contributed by atoms with Crippen LogP contribution in [0.15, 0.2) is 68.6 Å². The number of non-ortho nitro benzene ring substituents is 1. The molecule has 0 radical (unpaired) electrons. The molecule has 0 N–H and O–H groups in total. The molecule has 0 saturated heterocycles. The predicted octanol–water partition coefficient (Wildman–Crippen LogP) is 5.32. The molecule has 0 unspecified atom stereocenters. The van der Waals surface area contributed by atoms with Crippen molar-refractivity contribution in [2.24, 2.45) is 0 Å². The summed E-state index contributed by atoms with van der Waals surface area (Å²) in [5, 5.41) is 13.6. The van der Waals surface area contributed by atoms with Crippen LogP contribution in [-0.2, 0) is 22.9 Å². The number of fused-ring (bicyclic) bond motifs is 3. The SMILES string of the molecule is O=C(c1cccc([N+](=O)[O-])c1)N(c1ccc2oc3c(c2c1)CCCC3)S(=O)(=O)c1cccs1. The van der Waals surface area contributed by atoms with E-state index < -0.39 is 20.9 Å². The molecule has 4 aromatic rings. The lowest BCUT2D eigenvalue weighted by Crippen LogP contribution is -2.36. The Morgan fingerprint density at radius 2 is 1.88 bits per heavy atom. The fraction of sp³-hybridized carbons (Fsp3) is 0.174. The van der Waals surface area contributed by atoms with Crippen LogP contribution in [0, 0.1) is 10.1 Å². The first kappa shape index (κ1) is 21.4. The lowest BCUT2D eigenvalue weighted by atomic mass is 9.96. The number of nitro groups is 1. The summed E-state index contributed by atoms with van der Waals surface area (Å²) in [5.74, 6) is 0.0230. The van der Waals surface area contributed by atoms with Crippen LogP contribution in [-0.4, -0.2) is 19.2 Å². The predicted molar refractivity (Wildman–Crippen MR) is 124 cm³/mol. The van der Waals surface area contributed by atoms with Crippen molar-refractivity contribution in [1.82, 2.24) is 0 Å². The summed E-state index contributed by atoms with van der Waals surface area (Å²) in [7, 11) is -4.26. The first-order valence-electron chi connectivity index (χ1n) is 10.3. The van der Waals surface area contributed by atoms with Crippen molar-refractivity contribution in [2.45, 2.75) is 29.9 Å². The van der Waals surface area contributed by atoms with Gasteiger partial charge in [0.05, 0.1) is 10.6 Å². The minimum atomic E-state index is -4.26. The molecule has 2 aromatic carbocycles. The number of nitro benzene ring substituents is 1. The molecule has 2 heterocycles. The van der Waals surface area contributed by atoms with Gasteiger partial charge in [0.25, 0.3) is 21.6 Å². The molecular weight excluding hydrogens is 464 g/mol. The monoisotopic (exact) mass is 482 g/mol. The number of thiophene rings is 1. The minimum Gasteiger partial charge on any atom is -0.461 e. The third-order valence-electron chi connectivity index (χ3n) is 5.65. The third-order valence-corrected chi connectivity index (χ3v) is 8.74. The van der Waals surface area contributed by atoms with Gasteiger partial charge in [-0.15, -0.1) is 11.3 Å². The maximum atomic E-state index is 13.5. The van der Waals surface area contributed by atoms with Gasteiger partial charge in [-0.2, -0.15) is 12.7 Å². The average Bonchev–Trinajstić information content (AvgIpc) is 3.48. The van der Waals surface area contributed by atoms with Gasteiger partial charge < -0.3 is 4.42 Å². The van der Waals surface area contributed by atoms with Gasteiger partial charge >= 0.3 is 0 Å². The largest absolute Gasteiger partial charge is 0.461 e. The van der Waals surface area contributed by atoms with Crippen LogP contribution in [0.25, 0.3) is 11.0 Å². The number of benzene rings is 2. The zero-order valence-electron chi connectivity index (χ0n) is 17.3. The van der Waals surface area contributed by atoms with Crippen LogP contribution in [0.2, 0.25) is 0 Å². The summed E-state index contributed by atoms with van der Waals surface area (Å²) in [5.41, 5.74) is 1.44. The second-order valence-corrected chi connectivity index (χ2v) is 10.7. The summed E-state index contributed by atoms with van der Waals surface area (Å²) in [6.45, 7) is 0. The summed E-state index contributed by atoms with van der Waals surface area (Å²) in [6.07, 6.45) is 3.69. The molecule has 10 heteroatoms. The van der Waals surface area contributed by atoms with E-state index in [1.165, 1.54) is 30.3 Å². The van der Waals surface area contributed by atoms with Crippen LogP contribution in [0.5, 0.6) is 0 Å². The van der Waals surface area contributed by atoms with Crippen LogP contribution >= 0.6 is 11.3 Å². The van der Waals surface area contributed by atoms with E-state index >= 15 is 0 Å². The third kappa shape index (κ3) is 3.70. The van der Waals surface area contributed by atoms with E-state index in [9.17, 15) is 23.3 Å². The quantitative estimate of drug-likeness (QED) is 0.281. The molecule has 0 aliphatic heterocycles. The molecule has 8 nitrogen and oxygen atoms in total. The van der Waals surface area contributed by atoms with E-state index in [1.807, 2.05) is 0 Å². The van der Waals surface area contributed by atoms with Crippen molar-refractivity contribution in [1.29, 1.82) is 0 Å².